The topological polar surface area (TPSA) is 55.6 Å². The largest absolute Gasteiger partial charge is 0.448 e. The molecule has 0 bridgehead atoms. The molecule has 2 N–H and O–H groups in total. The standard InChI is InChI=1S/C9H20N2O2/c1-3-5-11(6-4-2)7-8-13-9(10)12/h3-8H2,1-2H3,(H2,10,12). The van der Waals surface area contributed by atoms with Crippen molar-refractivity contribution in [3.63, 3.8) is 0 Å². The van der Waals surface area contributed by atoms with E-state index in [0.29, 0.717) is 6.61 Å². The van der Waals surface area contributed by atoms with Crippen LogP contribution in [0.4, 0.5) is 4.79 Å². The maximum atomic E-state index is 10.3. The van der Waals surface area contributed by atoms with Crippen molar-refractivity contribution in [2.45, 2.75) is 26.7 Å². The molecule has 0 rings (SSSR count). The van der Waals surface area contributed by atoms with E-state index in [1.165, 1.54) is 0 Å². The van der Waals surface area contributed by atoms with Crippen LogP contribution in [0.15, 0.2) is 0 Å². The van der Waals surface area contributed by atoms with Gasteiger partial charge in [0.2, 0.25) is 0 Å². The second kappa shape index (κ2) is 7.86. The van der Waals surface area contributed by atoms with Crippen molar-refractivity contribution in [1.82, 2.24) is 4.90 Å². The highest BCUT2D eigenvalue weighted by atomic mass is 16.5. The number of nitrogens with zero attached hydrogens (tertiary/aromatic N) is 1. The number of ether oxygens (including phenoxy) is 1. The Morgan fingerprint density at radius 3 is 2.15 bits per heavy atom. The molecule has 0 atom stereocenters. The molecule has 13 heavy (non-hydrogen) atoms. The molecule has 0 saturated carbocycles. The summed E-state index contributed by atoms with van der Waals surface area (Å²) in [5.74, 6) is 0. The van der Waals surface area contributed by atoms with E-state index in [1.807, 2.05) is 0 Å². The number of primary amides is 1. The summed E-state index contributed by atoms with van der Waals surface area (Å²) in [7, 11) is 0. The van der Waals surface area contributed by atoms with Crippen LogP contribution in [-0.4, -0.2) is 37.2 Å². The number of hydrogen-bond acceptors (Lipinski definition) is 3. The minimum absolute atomic E-state index is 0.398. The molecule has 0 aromatic heterocycles. The van der Waals surface area contributed by atoms with Gasteiger partial charge in [-0.25, -0.2) is 4.79 Å². The van der Waals surface area contributed by atoms with Crippen molar-refractivity contribution in [1.29, 1.82) is 0 Å². The molecule has 0 radical (unpaired) electrons. The zero-order valence-corrected chi connectivity index (χ0v) is 8.58. The number of amides is 1. The SMILES string of the molecule is CCCN(CCC)CCOC(N)=O. The molecule has 0 unspecified atom stereocenters. The van der Waals surface area contributed by atoms with E-state index in [2.05, 4.69) is 23.5 Å². The van der Waals surface area contributed by atoms with Crippen LogP contribution in [0.3, 0.4) is 0 Å². The summed E-state index contributed by atoms with van der Waals surface area (Å²) in [5.41, 5.74) is 4.85. The third-order valence-electron chi connectivity index (χ3n) is 1.73. The van der Waals surface area contributed by atoms with E-state index in [0.717, 1.165) is 32.5 Å². The van der Waals surface area contributed by atoms with Gasteiger partial charge in [0.15, 0.2) is 0 Å². The Balaban J connectivity index is 3.49. The van der Waals surface area contributed by atoms with Crippen LogP contribution in [0.5, 0.6) is 0 Å². The first-order chi connectivity index (χ1) is 6.20. The van der Waals surface area contributed by atoms with Gasteiger partial charge >= 0.3 is 6.09 Å². The van der Waals surface area contributed by atoms with E-state index < -0.39 is 6.09 Å². The van der Waals surface area contributed by atoms with E-state index in [9.17, 15) is 4.79 Å². The highest BCUT2D eigenvalue weighted by molar-refractivity contribution is 5.64. The minimum atomic E-state index is -0.687. The predicted molar refractivity (Wildman–Crippen MR) is 52.6 cm³/mol. The second-order valence-electron chi connectivity index (χ2n) is 3.01. The molecule has 0 heterocycles. The van der Waals surface area contributed by atoms with E-state index in [-0.39, 0.29) is 0 Å². The van der Waals surface area contributed by atoms with Crippen molar-refractivity contribution >= 4 is 6.09 Å². The molecule has 0 aliphatic carbocycles. The van der Waals surface area contributed by atoms with Gasteiger partial charge in [-0.15, -0.1) is 0 Å². The molecule has 0 fully saturated rings. The van der Waals surface area contributed by atoms with Gasteiger partial charge in [-0.3, -0.25) is 4.90 Å². The summed E-state index contributed by atoms with van der Waals surface area (Å²) < 4.78 is 4.66. The van der Waals surface area contributed by atoms with Gasteiger partial charge < -0.3 is 10.5 Å². The maximum absolute atomic E-state index is 10.3. The summed E-state index contributed by atoms with van der Waals surface area (Å²) in [6.45, 7) is 7.56. The van der Waals surface area contributed by atoms with Gasteiger partial charge in [-0.05, 0) is 25.9 Å². The molecule has 0 aromatic carbocycles. The van der Waals surface area contributed by atoms with Gasteiger partial charge in [-0.2, -0.15) is 0 Å². The molecule has 0 aliphatic rings. The Bertz CT molecular complexity index is 134. The van der Waals surface area contributed by atoms with Crippen LogP contribution < -0.4 is 5.73 Å². The first kappa shape index (κ1) is 12.2. The van der Waals surface area contributed by atoms with E-state index in [1.54, 1.807) is 0 Å². The van der Waals surface area contributed by atoms with Gasteiger partial charge in [0.1, 0.15) is 6.61 Å². The van der Waals surface area contributed by atoms with Crippen molar-refractivity contribution < 1.29 is 9.53 Å². The fourth-order valence-electron chi connectivity index (χ4n) is 1.24. The summed E-state index contributed by atoms with van der Waals surface area (Å²) >= 11 is 0. The van der Waals surface area contributed by atoms with Gasteiger partial charge in [-0.1, -0.05) is 13.8 Å². The quantitative estimate of drug-likeness (QED) is 0.653. The number of carbonyl (C=O) groups is 1. The Hall–Kier alpha value is -0.770. The fourth-order valence-corrected chi connectivity index (χ4v) is 1.24. The zero-order valence-electron chi connectivity index (χ0n) is 8.58. The van der Waals surface area contributed by atoms with Crippen molar-refractivity contribution in [3.8, 4) is 0 Å². The molecular formula is C9H20N2O2. The molecule has 4 nitrogen and oxygen atoms in total. The fraction of sp³-hybridized carbons (Fsp3) is 0.889. The molecule has 0 saturated heterocycles. The predicted octanol–water partition coefficient (Wildman–Crippen LogP) is 1.20. The molecule has 4 heteroatoms. The van der Waals surface area contributed by atoms with Crippen LogP contribution in [-0.2, 0) is 4.74 Å². The van der Waals surface area contributed by atoms with Crippen LogP contribution in [0, 0.1) is 0 Å². The molecule has 78 valence electrons. The smallest absolute Gasteiger partial charge is 0.404 e. The molecular weight excluding hydrogens is 168 g/mol. The lowest BCUT2D eigenvalue weighted by atomic mass is 10.3. The average molecular weight is 188 g/mol. The monoisotopic (exact) mass is 188 g/mol. The Kier molecular flexibility index (Phi) is 7.39. The first-order valence-electron chi connectivity index (χ1n) is 4.85. The first-order valence-corrected chi connectivity index (χ1v) is 4.85. The van der Waals surface area contributed by atoms with E-state index >= 15 is 0 Å². The third-order valence-corrected chi connectivity index (χ3v) is 1.73. The lowest BCUT2D eigenvalue weighted by molar-refractivity contribution is 0.135. The normalized spacial score (nSPS) is 10.4. The van der Waals surface area contributed by atoms with Crippen molar-refractivity contribution in [3.05, 3.63) is 0 Å². The molecule has 0 aromatic rings. The third kappa shape index (κ3) is 7.59. The highest BCUT2D eigenvalue weighted by Crippen LogP contribution is 1.93. The summed E-state index contributed by atoms with van der Waals surface area (Å²) in [6, 6.07) is 0. The van der Waals surface area contributed by atoms with Crippen LogP contribution in [0.1, 0.15) is 26.7 Å². The van der Waals surface area contributed by atoms with Crippen LogP contribution in [0.25, 0.3) is 0 Å². The maximum Gasteiger partial charge on any atom is 0.404 e. The molecule has 0 spiro atoms. The Labute approximate surface area is 80.0 Å². The van der Waals surface area contributed by atoms with Gasteiger partial charge in [0.05, 0.1) is 0 Å². The Morgan fingerprint density at radius 1 is 1.23 bits per heavy atom. The van der Waals surface area contributed by atoms with Crippen molar-refractivity contribution in [2.24, 2.45) is 5.73 Å². The second-order valence-corrected chi connectivity index (χ2v) is 3.01. The molecule has 1 amide bonds. The van der Waals surface area contributed by atoms with E-state index in [4.69, 9.17) is 5.73 Å². The van der Waals surface area contributed by atoms with Crippen LogP contribution in [0.2, 0.25) is 0 Å². The lowest BCUT2D eigenvalue weighted by Crippen LogP contribution is -2.30. The summed E-state index contributed by atoms with van der Waals surface area (Å²) in [5, 5.41) is 0. The minimum Gasteiger partial charge on any atom is -0.448 e. The van der Waals surface area contributed by atoms with Gasteiger partial charge in [0, 0.05) is 6.54 Å². The lowest BCUT2D eigenvalue weighted by Gasteiger charge is -2.20. The van der Waals surface area contributed by atoms with Crippen LogP contribution >= 0.6 is 0 Å². The number of rotatable bonds is 7. The van der Waals surface area contributed by atoms with Gasteiger partial charge in [0.25, 0.3) is 0 Å². The van der Waals surface area contributed by atoms with Crippen molar-refractivity contribution in [2.75, 3.05) is 26.2 Å². The Morgan fingerprint density at radius 2 is 1.77 bits per heavy atom. The number of nitrogens with two attached hydrogens (primary N) is 1. The summed E-state index contributed by atoms with van der Waals surface area (Å²) in [4.78, 5) is 12.5. The number of hydrogen-bond donors (Lipinski definition) is 1. The average Bonchev–Trinajstić information content (AvgIpc) is 2.04. The number of carbonyl (C=O) groups excluding carboxylic acids is 1. The molecule has 0 aliphatic heterocycles. The highest BCUT2D eigenvalue weighted by Gasteiger charge is 2.02. The summed E-state index contributed by atoms with van der Waals surface area (Å²) in [6.07, 6.45) is 1.56. The zero-order chi connectivity index (χ0) is 10.1.